The van der Waals surface area contributed by atoms with Crippen LogP contribution in [-0.4, -0.2) is 57.4 Å². The number of fused-ring (bicyclic) bond motifs is 1. The minimum Gasteiger partial charge on any atom is -0.486 e. The summed E-state index contributed by atoms with van der Waals surface area (Å²) in [5.74, 6) is 1.49. The number of ether oxygens (including phenoxy) is 4. The molecule has 0 radical (unpaired) electrons. The van der Waals surface area contributed by atoms with Crippen molar-refractivity contribution in [2.45, 2.75) is 13.0 Å². The van der Waals surface area contributed by atoms with Crippen LogP contribution in [0, 0.1) is 0 Å². The van der Waals surface area contributed by atoms with E-state index in [2.05, 4.69) is 5.32 Å². The summed E-state index contributed by atoms with van der Waals surface area (Å²) in [4.78, 5) is 0. The fourth-order valence-electron chi connectivity index (χ4n) is 1.93. The first-order valence-electron chi connectivity index (χ1n) is 7.26. The minimum atomic E-state index is -0.570. The smallest absolute Gasteiger partial charge is 0.163 e. The molecule has 0 fully saturated rings. The predicted molar refractivity (Wildman–Crippen MR) is 79.2 cm³/mol. The molecule has 21 heavy (non-hydrogen) atoms. The normalized spacial score (nSPS) is 14.8. The van der Waals surface area contributed by atoms with Gasteiger partial charge in [0.2, 0.25) is 0 Å². The highest BCUT2D eigenvalue weighted by atomic mass is 16.6. The maximum atomic E-state index is 9.82. The van der Waals surface area contributed by atoms with Crippen molar-refractivity contribution < 1.29 is 24.1 Å². The SMILES string of the molecule is CCOCCOCC(O)CNc1ccc2c(c1)OCCO2. The molecule has 1 aromatic rings. The van der Waals surface area contributed by atoms with Crippen LogP contribution in [-0.2, 0) is 9.47 Å². The second-order valence-corrected chi connectivity index (χ2v) is 4.67. The summed E-state index contributed by atoms with van der Waals surface area (Å²) in [5, 5.41) is 13.0. The van der Waals surface area contributed by atoms with Crippen LogP contribution in [0.2, 0.25) is 0 Å². The molecule has 6 heteroatoms. The summed E-state index contributed by atoms with van der Waals surface area (Å²) >= 11 is 0. The maximum Gasteiger partial charge on any atom is 0.163 e. The Labute approximate surface area is 125 Å². The molecule has 118 valence electrons. The first-order valence-corrected chi connectivity index (χ1v) is 7.26. The van der Waals surface area contributed by atoms with Gasteiger partial charge < -0.3 is 29.4 Å². The summed E-state index contributed by atoms with van der Waals surface area (Å²) in [6.45, 7) is 5.50. The Morgan fingerprint density at radius 3 is 2.76 bits per heavy atom. The second-order valence-electron chi connectivity index (χ2n) is 4.67. The van der Waals surface area contributed by atoms with E-state index in [9.17, 15) is 5.11 Å². The van der Waals surface area contributed by atoms with E-state index in [0.29, 0.717) is 39.6 Å². The van der Waals surface area contributed by atoms with Crippen molar-refractivity contribution in [2.75, 3.05) is 51.5 Å². The zero-order valence-electron chi connectivity index (χ0n) is 12.3. The van der Waals surface area contributed by atoms with Gasteiger partial charge in [-0.15, -0.1) is 0 Å². The van der Waals surface area contributed by atoms with Crippen molar-refractivity contribution in [2.24, 2.45) is 0 Å². The van der Waals surface area contributed by atoms with E-state index in [1.54, 1.807) is 0 Å². The maximum absolute atomic E-state index is 9.82. The van der Waals surface area contributed by atoms with Crippen LogP contribution >= 0.6 is 0 Å². The molecule has 0 spiro atoms. The highest BCUT2D eigenvalue weighted by molar-refractivity contribution is 5.55. The fraction of sp³-hybridized carbons (Fsp3) is 0.600. The molecule has 1 atom stereocenters. The third kappa shape index (κ3) is 5.41. The number of nitrogens with one attached hydrogen (secondary N) is 1. The standard InChI is InChI=1S/C15H23NO5/c1-2-18-5-6-19-11-13(17)10-16-12-3-4-14-15(9-12)21-8-7-20-14/h3-4,9,13,16-17H,2,5-8,10-11H2,1H3. The lowest BCUT2D eigenvalue weighted by Gasteiger charge is -2.19. The van der Waals surface area contributed by atoms with E-state index in [-0.39, 0.29) is 6.61 Å². The van der Waals surface area contributed by atoms with Crippen molar-refractivity contribution in [3.8, 4) is 11.5 Å². The average Bonchev–Trinajstić information content (AvgIpc) is 2.52. The van der Waals surface area contributed by atoms with Gasteiger partial charge in [0.15, 0.2) is 11.5 Å². The van der Waals surface area contributed by atoms with Gasteiger partial charge in [0.25, 0.3) is 0 Å². The summed E-state index contributed by atoms with van der Waals surface area (Å²) in [6.07, 6.45) is -0.570. The summed E-state index contributed by atoms with van der Waals surface area (Å²) < 4.78 is 21.4. The second kappa shape index (κ2) is 8.71. The Hall–Kier alpha value is -1.50. The lowest BCUT2D eigenvalue weighted by atomic mass is 10.2. The molecule has 1 unspecified atom stereocenters. The van der Waals surface area contributed by atoms with Gasteiger partial charge in [-0.05, 0) is 19.1 Å². The van der Waals surface area contributed by atoms with Crippen molar-refractivity contribution >= 4 is 5.69 Å². The van der Waals surface area contributed by atoms with Crippen LogP contribution in [0.3, 0.4) is 0 Å². The quantitative estimate of drug-likeness (QED) is 0.669. The van der Waals surface area contributed by atoms with Crippen LogP contribution in [0.5, 0.6) is 11.5 Å². The topological polar surface area (TPSA) is 69.2 Å². The molecule has 1 heterocycles. The third-order valence-electron chi connectivity index (χ3n) is 2.97. The number of hydrogen-bond acceptors (Lipinski definition) is 6. The van der Waals surface area contributed by atoms with Gasteiger partial charge in [-0.2, -0.15) is 0 Å². The molecule has 0 bridgehead atoms. The molecule has 0 aromatic heterocycles. The van der Waals surface area contributed by atoms with E-state index in [1.807, 2.05) is 25.1 Å². The van der Waals surface area contributed by atoms with E-state index < -0.39 is 6.10 Å². The molecule has 2 N–H and O–H groups in total. The first kappa shape index (κ1) is 15.9. The third-order valence-corrected chi connectivity index (χ3v) is 2.97. The number of hydrogen-bond donors (Lipinski definition) is 2. The molecule has 0 saturated heterocycles. The van der Waals surface area contributed by atoms with Gasteiger partial charge in [0.1, 0.15) is 13.2 Å². The molecule has 1 aliphatic rings. The molecular formula is C15H23NO5. The Bertz CT molecular complexity index is 427. The van der Waals surface area contributed by atoms with Crippen LogP contribution in [0.1, 0.15) is 6.92 Å². The average molecular weight is 297 g/mol. The predicted octanol–water partition coefficient (Wildman–Crippen LogP) is 1.28. The summed E-state index contributed by atoms with van der Waals surface area (Å²) in [6, 6.07) is 5.63. The Balaban J connectivity index is 1.67. The number of rotatable bonds is 9. The van der Waals surface area contributed by atoms with Gasteiger partial charge >= 0.3 is 0 Å². The molecule has 1 aromatic carbocycles. The monoisotopic (exact) mass is 297 g/mol. The molecule has 2 rings (SSSR count). The van der Waals surface area contributed by atoms with E-state index >= 15 is 0 Å². The van der Waals surface area contributed by atoms with E-state index in [4.69, 9.17) is 18.9 Å². The zero-order valence-corrected chi connectivity index (χ0v) is 12.3. The highest BCUT2D eigenvalue weighted by Crippen LogP contribution is 2.32. The summed E-state index contributed by atoms with van der Waals surface area (Å²) in [5.41, 5.74) is 0.882. The summed E-state index contributed by atoms with van der Waals surface area (Å²) in [7, 11) is 0. The number of anilines is 1. The van der Waals surface area contributed by atoms with Crippen LogP contribution < -0.4 is 14.8 Å². The van der Waals surface area contributed by atoms with E-state index in [1.165, 1.54) is 0 Å². The number of benzene rings is 1. The van der Waals surface area contributed by atoms with E-state index in [0.717, 1.165) is 17.2 Å². The molecule has 0 amide bonds. The zero-order chi connectivity index (χ0) is 14.9. The van der Waals surface area contributed by atoms with Crippen molar-refractivity contribution in [1.29, 1.82) is 0 Å². The molecular weight excluding hydrogens is 274 g/mol. The largest absolute Gasteiger partial charge is 0.486 e. The van der Waals surface area contributed by atoms with Gasteiger partial charge in [-0.3, -0.25) is 0 Å². The molecule has 0 saturated carbocycles. The number of aliphatic hydroxyl groups excluding tert-OH is 1. The van der Waals surface area contributed by atoms with Crippen molar-refractivity contribution in [1.82, 2.24) is 0 Å². The fourth-order valence-corrected chi connectivity index (χ4v) is 1.93. The highest BCUT2D eigenvalue weighted by Gasteiger charge is 2.12. The van der Waals surface area contributed by atoms with Crippen LogP contribution in [0.15, 0.2) is 18.2 Å². The van der Waals surface area contributed by atoms with Gasteiger partial charge in [0.05, 0.1) is 25.9 Å². The molecule has 6 nitrogen and oxygen atoms in total. The van der Waals surface area contributed by atoms with Crippen LogP contribution in [0.25, 0.3) is 0 Å². The lowest BCUT2D eigenvalue weighted by molar-refractivity contribution is 0.0103. The first-order chi connectivity index (χ1) is 10.3. The Morgan fingerprint density at radius 2 is 1.95 bits per heavy atom. The van der Waals surface area contributed by atoms with Gasteiger partial charge in [0, 0.05) is 24.9 Å². The van der Waals surface area contributed by atoms with Gasteiger partial charge in [-0.25, -0.2) is 0 Å². The molecule has 0 aliphatic carbocycles. The van der Waals surface area contributed by atoms with Crippen molar-refractivity contribution in [3.63, 3.8) is 0 Å². The Morgan fingerprint density at radius 1 is 1.19 bits per heavy atom. The van der Waals surface area contributed by atoms with Crippen LogP contribution in [0.4, 0.5) is 5.69 Å². The Kier molecular flexibility index (Phi) is 6.59. The van der Waals surface area contributed by atoms with Crippen molar-refractivity contribution in [3.05, 3.63) is 18.2 Å². The molecule has 1 aliphatic heterocycles. The minimum absolute atomic E-state index is 0.282. The van der Waals surface area contributed by atoms with Gasteiger partial charge in [-0.1, -0.05) is 0 Å². The lowest BCUT2D eigenvalue weighted by Crippen LogP contribution is -2.25. The number of aliphatic hydroxyl groups is 1.